The van der Waals surface area contributed by atoms with Crippen molar-refractivity contribution in [3.63, 3.8) is 0 Å². The number of rotatable bonds is 4. The minimum Gasteiger partial charge on any atom is -0.339 e. The van der Waals surface area contributed by atoms with E-state index in [4.69, 9.17) is 5.73 Å². The first kappa shape index (κ1) is 20.9. The van der Waals surface area contributed by atoms with Gasteiger partial charge in [0.2, 0.25) is 5.91 Å². The summed E-state index contributed by atoms with van der Waals surface area (Å²) < 4.78 is 0. The Morgan fingerprint density at radius 3 is 2.00 bits per heavy atom. The number of amides is 1. The third-order valence-electron chi connectivity index (χ3n) is 4.71. The molecule has 0 aromatic rings. The molecule has 2 aliphatic rings. The molecule has 2 fully saturated rings. The normalized spacial score (nSPS) is 27.1. The zero-order valence-electron chi connectivity index (χ0n) is 13.2. The van der Waals surface area contributed by atoms with Crippen molar-refractivity contribution in [2.45, 2.75) is 38.8 Å². The molecule has 2 heterocycles. The van der Waals surface area contributed by atoms with Gasteiger partial charge >= 0.3 is 0 Å². The molecule has 0 aliphatic carbocycles. The van der Waals surface area contributed by atoms with Gasteiger partial charge in [-0.1, -0.05) is 0 Å². The van der Waals surface area contributed by atoms with E-state index in [9.17, 15) is 4.79 Å². The fourth-order valence-electron chi connectivity index (χ4n) is 3.30. The average molecular weight is 341 g/mol. The van der Waals surface area contributed by atoms with Gasteiger partial charge in [-0.3, -0.25) is 14.6 Å². The molecule has 21 heavy (non-hydrogen) atoms. The lowest BCUT2D eigenvalue weighted by molar-refractivity contribution is -0.131. The Morgan fingerprint density at radius 1 is 1.00 bits per heavy atom. The van der Waals surface area contributed by atoms with E-state index in [0.29, 0.717) is 0 Å². The van der Waals surface area contributed by atoms with Crippen LogP contribution >= 0.6 is 24.8 Å². The van der Waals surface area contributed by atoms with Gasteiger partial charge in [-0.25, -0.2) is 0 Å². The molecule has 2 rings (SSSR count). The van der Waals surface area contributed by atoms with Crippen LogP contribution in [0.2, 0.25) is 0 Å². The maximum atomic E-state index is 11.5. The molecule has 2 saturated heterocycles. The van der Waals surface area contributed by atoms with Gasteiger partial charge < -0.3 is 10.6 Å². The van der Waals surface area contributed by atoms with Crippen LogP contribution in [0, 0.1) is 0 Å². The maximum Gasteiger partial charge on any atom is 0.236 e. The summed E-state index contributed by atoms with van der Waals surface area (Å²) in [6.07, 6.45) is 2.67. The Morgan fingerprint density at radius 2 is 1.52 bits per heavy atom. The molecule has 0 saturated carbocycles. The highest BCUT2D eigenvalue weighted by Gasteiger charge is 2.27. The van der Waals surface area contributed by atoms with Crippen molar-refractivity contribution in [3.8, 4) is 0 Å². The van der Waals surface area contributed by atoms with Crippen LogP contribution in [0.5, 0.6) is 0 Å². The Labute approximate surface area is 141 Å². The molecule has 2 unspecified atom stereocenters. The van der Waals surface area contributed by atoms with Crippen LogP contribution in [0.4, 0.5) is 0 Å². The van der Waals surface area contributed by atoms with Gasteiger partial charge in [0.25, 0.3) is 0 Å². The Bertz CT molecular complexity index is 301. The summed E-state index contributed by atoms with van der Waals surface area (Å²) in [6, 6.07) is 1.46. The minimum absolute atomic E-state index is 0. The van der Waals surface area contributed by atoms with Gasteiger partial charge in [-0.15, -0.1) is 24.8 Å². The summed E-state index contributed by atoms with van der Waals surface area (Å²) in [5.74, 6) is 0.0847. The van der Waals surface area contributed by atoms with Crippen LogP contribution in [0.15, 0.2) is 0 Å². The quantitative estimate of drug-likeness (QED) is 0.822. The van der Waals surface area contributed by atoms with E-state index in [1.807, 2.05) is 4.90 Å². The fraction of sp³-hybridized carbons (Fsp3) is 0.929. The van der Waals surface area contributed by atoms with Gasteiger partial charge in [0.05, 0.1) is 6.54 Å². The second kappa shape index (κ2) is 9.85. The molecule has 1 amide bonds. The van der Waals surface area contributed by atoms with Crippen molar-refractivity contribution in [3.05, 3.63) is 0 Å². The molecular formula is C14H30Cl2N4O. The number of halogens is 2. The monoisotopic (exact) mass is 340 g/mol. The van der Waals surface area contributed by atoms with Crippen LogP contribution in [0.1, 0.15) is 26.7 Å². The van der Waals surface area contributed by atoms with E-state index >= 15 is 0 Å². The molecule has 0 aromatic carbocycles. The molecule has 126 valence electrons. The highest BCUT2D eigenvalue weighted by Crippen LogP contribution is 2.22. The molecule has 0 spiro atoms. The standard InChI is InChI=1S/C14H28N4O.2ClH/c1-12-3-4-13(2)18(12)10-7-16-5-8-17(9-6-16)14(19)11-15;;/h12-13H,3-11,15H2,1-2H3;2*1H. The van der Waals surface area contributed by atoms with Crippen molar-refractivity contribution in [2.24, 2.45) is 5.73 Å². The van der Waals surface area contributed by atoms with Crippen molar-refractivity contribution in [1.29, 1.82) is 0 Å². The fourth-order valence-corrected chi connectivity index (χ4v) is 3.30. The van der Waals surface area contributed by atoms with Crippen LogP contribution < -0.4 is 5.73 Å². The van der Waals surface area contributed by atoms with E-state index in [0.717, 1.165) is 51.4 Å². The first-order chi connectivity index (χ1) is 9.11. The SMILES string of the molecule is CC1CCC(C)N1CCN1CCN(C(=O)CN)CC1.Cl.Cl. The third kappa shape index (κ3) is 5.57. The zero-order valence-corrected chi connectivity index (χ0v) is 14.8. The van der Waals surface area contributed by atoms with Gasteiger partial charge in [0.1, 0.15) is 0 Å². The number of carbonyl (C=O) groups is 1. The van der Waals surface area contributed by atoms with Gasteiger partial charge in [-0.05, 0) is 26.7 Å². The summed E-state index contributed by atoms with van der Waals surface area (Å²) in [7, 11) is 0. The molecule has 2 atom stereocenters. The highest BCUT2D eigenvalue weighted by atomic mass is 35.5. The van der Waals surface area contributed by atoms with Crippen LogP contribution in [-0.2, 0) is 4.79 Å². The minimum atomic E-state index is 0. The summed E-state index contributed by atoms with van der Waals surface area (Å²) in [6.45, 7) is 10.7. The highest BCUT2D eigenvalue weighted by molar-refractivity contribution is 5.85. The maximum absolute atomic E-state index is 11.5. The number of likely N-dealkylation sites (tertiary alicyclic amines) is 1. The summed E-state index contributed by atoms with van der Waals surface area (Å²) in [4.78, 5) is 18.5. The summed E-state index contributed by atoms with van der Waals surface area (Å²) >= 11 is 0. The summed E-state index contributed by atoms with van der Waals surface area (Å²) in [5, 5.41) is 0. The number of hydrogen-bond donors (Lipinski definition) is 1. The molecule has 0 aromatic heterocycles. The van der Waals surface area contributed by atoms with E-state index < -0.39 is 0 Å². The molecule has 2 N–H and O–H groups in total. The van der Waals surface area contributed by atoms with E-state index in [1.54, 1.807) is 0 Å². The largest absolute Gasteiger partial charge is 0.339 e. The van der Waals surface area contributed by atoms with Crippen LogP contribution in [0.3, 0.4) is 0 Å². The predicted molar refractivity (Wildman–Crippen MR) is 91.4 cm³/mol. The van der Waals surface area contributed by atoms with E-state index in [-0.39, 0.29) is 37.3 Å². The lowest BCUT2D eigenvalue weighted by Gasteiger charge is -2.36. The van der Waals surface area contributed by atoms with Crippen LogP contribution in [0.25, 0.3) is 0 Å². The number of carbonyl (C=O) groups excluding carboxylic acids is 1. The third-order valence-corrected chi connectivity index (χ3v) is 4.71. The van der Waals surface area contributed by atoms with Gasteiger partial charge in [-0.2, -0.15) is 0 Å². The molecule has 0 radical (unpaired) electrons. The molecule has 7 heteroatoms. The van der Waals surface area contributed by atoms with Crippen LogP contribution in [-0.4, -0.2) is 78.5 Å². The molecule has 2 aliphatic heterocycles. The first-order valence-corrected chi connectivity index (χ1v) is 7.57. The summed E-state index contributed by atoms with van der Waals surface area (Å²) in [5.41, 5.74) is 5.40. The second-order valence-electron chi connectivity index (χ2n) is 5.94. The van der Waals surface area contributed by atoms with Crippen molar-refractivity contribution < 1.29 is 4.79 Å². The van der Waals surface area contributed by atoms with Crippen molar-refractivity contribution >= 4 is 30.7 Å². The van der Waals surface area contributed by atoms with Crippen molar-refractivity contribution in [2.75, 3.05) is 45.8 Å². The molecular weight excluding hydrogens is 311 g/mol. The first-order valence-electron chi connectivity index (χ1n) is 7.57. The Balaban J connectivity index is 0.00000200. The number of nitrogens with zero attached hydrogens (tertiary/aromatic N) is 3. The topological polar surface area (TPSA) is 52.8 Å². The lowest BCUT2D eigenvalue weighted by atomic mass is 10.2. The lowest BCUT2D eigenvalue weighted by Crippen LogP contribution is -2.52. The zero-order chi connectivity index (χ0) is 13.8. The Kier molecular flexibility index (Phi) is 9.81. The average Bonchev–Trinajstić information content (AvgIpc) is 2.75. The number of piperazine rings is 1. The number of hydrogen-bond acceptors (Lipinski definition) is 4. The number of nitrogens with two attached hydrogens (primary N) is 1. The molecule has 0 bridgehead atoms. The smallest absolute Gasteiger partial charge is 0.236 e. The van der Waals surface area contributed by atoms with Gasteiger partial charge in [0, 0.05) is 51.4 Å². The van der Waals surface area contributed by atoms with Crippen molar-refractivity contribution in [1.82, 2.24) is 14.7 Å². The molecule has 5 nitrogen and oxygen atoms in total. The van der Waals surface area contributed by atoms with Gasteiger partial charge in [0.15, 0.2) is 0 Å². The van der Waals surface area contributed by atoms with E-state index in [1.165, 1.54) is 12.8 Å². The Hall–Kier alpha value is -0.0700. The van der Waals surface area contributed by atoms with E-state index in [2.05, 4.69) is 23.6 Å². The second-order valence-corrected chi connectivity index (χ2v) is 5.94. The predicted octanol–water partition coefficient (Wildman–Crippen LogP) is 0.806.